The van der Waals surface area contributed by atoms with Crippen molar-refractivity contribution >= 4 is 22.5 Å². The van der Waals surface area contributed by atoms with E-state index in [1.165, 1.54) is 76.2 Å². The number of aromatic nitrogens is 1. The van der Waals surface area contributed by atoms with Crippen LogP contribution in [-0.4, -0.2) is 17.5 Å². The van der Waals surface area contributed by atoms with Crippen molar-refractivity contribution in [3.63, 3.8) is 0 Å². The number of pyridine rings is 1. The average molecular weight is 489 g/mol. The Morgan fingerprint density at radius 1 is 0.750 bits per heavy atom. The van der Waals surface area contributed by atoms with Crippen LogP contribution in [0, 0.1) is 0 Å². The maximum Gasteiger partial charge on any atom is 0.274 e. The molecule has 0 saturated carbocycles. The Morgan fingerprint density at radius 2 is 1.42 bits per heavy atom. The second-order valence-corrected chi connectivity index (χ2v) is 9.84. The van der Waals surface area contributed by atoms with Gasteiger partial charge >= 0.3 is 0 Å². The fourth-order valence-electron chi connectivity index (χ4n) is 4.47. The minimum absolute atomic E-state index is 0.201. The summed E-state index contributed by atoms with van der Waals surface area (Å²) in [7, 11) is 0. The maximum atomic E-state index is 12.8. The van der Waals surface area contributed by atoms with Gasteiger partial charge in [-0.1, -0.05) is 90.2 Å². The lowest BCUT2D eigenvalue weighted by molar-refractivity contribution is 0.102. The second-order valence-electron chi connectivity index (χ2n) is 9.84. The SMILES string of the molecule is CCCCCCCCCCc1ccc2nc(C(=O)Nc3ccc(OCCCCCC)cc3)ccc2c1. The van der Waals surface area contributed by atoms with E-state index in [1.807, 2.05) is 42.5 Å². The summed E-state index contributed by atoms with van der Waals surface area (Å²) < 4.78 is 5.78. The van der Waals surface area contributed by atoms with E-state index >= 15 is 0 Å². The molecule has 0 radical (unpaired) electrons. The van der Waals surface area contributed by atoms with E-state index in [0.717, 1.165) is 41.8 Å². The molecule has 194 valence electrons. The van der Waals surface area contributed by atoms with Crippen LogP contribution in [0.25, 0.3) is 10.9 Å². The van der Waals surface area contributed by atoms with E-state index in [2.05, 4.69) is 36.3 Å². The summed E-state index contributed by atoms with van der Waals surface area (Å²) in [6.45, 7) is 5.20. The highest BCUT2D eigenvalue weighted by Gasteiger charge is 2.09. The third-order valence-corrected chi connectivity index (χ3v) is 6.68. The molecule has 0 saturated heterocycles. The standard InChI is InChI=1S/C32H44N2O2/c1-3-5-7-9-10-11-12-13-15-26-16-22-30-27(25-26)17-23-31(34-30)32(35)33-28-18-20-29(21-19-28)36-24-14-8-6-4-2/h16-23,25H,3-15,24H2,1-2H3,(H,33,35). The molecule has 0 atom stereocenters. The molecule has 0 spiro atoms. The maximum absolute atomic E-state index is 12.8. The lowest BCUT2D eigenvalue weighted by Gasteiger charge is -2.09. The summed E-state index contributed by atoms with van der Waals surface area (Å²) in [5.74, 6) is 0.629. The minimum Gasteiger partial charge on any atom is -0.494 e. The molecule has 3 aromatic rings. The van der Waals surface area contributed by atoms with Crippen LogP contribution in [0.4, 0.5) is 5.69 Å². The molecular formula is C32H44N2O2. The minimum atomic E-state index is -0.201. The largest absolute Gasteiger partial charge is 0.494 e. The number of amides is 1. The fourth-order valence-corrected chi connectivity index (χ4v) is 4.47. The number of carbonyl (C=O) groups is 1. The number of hydrogen-bond acceptors (Lipinski definition) is 3. The number of hydrogen-bond donors (Lipinski definition) is 1. The molecular weight excluding hydrogens is 444 g/mol. The monoisotopic (exact) mass is 488 g/mol. The van der Waals surface area contributed by atoms with Gasteiger partial charge in [-0.2, -0.15) is 0 Å². The van der Waals surface area contributed by atoms with Crippen LogP contribution in [0.15, 0.2) is 54.6 Å². The molecule has 4 nitrogen and oxygen atoms in total. The Hall–Kier alpha value is -2.88. The highest BCUT2D eigenvalue weighted by molar-refractivity contribution is 6.04. The first-order valence-electron chi connectivity index (χ1n) is 14.1. The Morgan fingerprint density at radius 3 is 2.14 bits per heavy atom. The summed E-state index contributed by atoms with van der Waals surface area (Å²) in [5.41, 5.74) is 3.37. The number of aryl methyl sites for hydroxylation is 1. The first kappa shape index (κ1) is 27.7. The number of benzene rings is 2. The van der Waals surface area contributed by atoms with Gasteiger partial charge in [0.05, 0.1) is 12.1 Å². The predicted octanol–water partition coefficient (Wildman–Crippen LogP) is 9.13. The number of nitrogens with zero attached hydrogens (tertiary/aromatic N) is 1. The molecule has 2 aromatic carbocycles. The highest BCUT2D eigenvalue weighted by atomic mass is 16.5. The molecule has 1 amide bonds. The molecule has 0 fully saturated rings. The summed E-state index contributed by atoms with van der Waals surface area (Å²) in [4.78, 5) is 17.4. The summed E-state index contributed by atoms with van der Waals surface area (Å²) in [6, 6.07) is 17.8. The molecule has 1 aromatic heterocycles. The Balaban J connectivity index is 1.45. The summed E-state index contributed by atoms with van der Waals surface area (Å²) in [6.07, 6.45) is 16.5. The average Bonchev–Trinajstić information content (AvgIpc) is 2.90. The molecule has 36 heavy (non-hydrogen) atoms. The van der Waals surface area contributed by atoms with Gasteiger partial charge in [0.1, 0.15) is 11.4 Å². The quantitative estimate of drug-likeness (QED) is 0.193. The third kappa shape index (κ3) is 9.64. The van der Waals surface area contributed by atoms with Gasteiger partial charge in [-0.15, -0.1) is 0 Å². The highest BCUT2D eigenvalue weighted by Crippen LogP contribution is 2.20. The van der Waals surface area contributed by atoms with Gasteiger partial charge in [-0.25, -0.2) is 4.98 Å². The van der Waals surface area contributed by atoms with Crippen molar-refractivity contribution in [2.75, 3.05) is 11.9 Å². The van der Waals surface area contributed by atoms with Crippen molar-refractivity contribution in [2.45, 2.75) is 97.3 Å². The number of rotatable bonds is 17. The van der Waals surface area contributed by atoms with Crippen LogP contribution < -0.4 is 10.1 Å². The van der Waals surface area contributed by atoms with Crippen LogP contribution in [0.1, 0.15) is 107 Å². The van der Waals surface area contributed by atoms with Gasteiger partial charge < -0.3 is 10.1 Å². The zero-order valence-electron chi connectivity index (χ0n) is 22.4. The van der Waals surface area contributed by atoms with E-state index in [9.17, 15) is 4.79 Å². The lowest BCUT2D eigenvalue weighted by Crippen LogP contribution is -2.13. The van der Waals surface area contributed by atoms with Crippen molar-refractivity contribution in [1.29, 1.82) is 0 Å². The molecule has 0 aliphatic carbocycles. The van der Waals surface area contributed by atoms with E-state index in [0.29, 0.717) is 5.69 Å². The number of fused-ring (bicyclic) bond motifs is 1. The van der Waals surface area contributed by atoms with Crippen molar-refractivity contribution in [2.24, 2.45) is 0 Å². The molecule has 0 unspecified atom stereocenters. The van der Waals surface area contributed by atoms with Crippen molar-refractivity contribution in [3.05, 3.63) is 65.9 Å². The predicted molar refractivity (Wildman–Crippen MR) is 152 cm³/mol. The lowest BCUT2D eigenvalue weighted by atomic mass is 10.0. The first-order valence-corrected chi connectivity index (χ1v) is 14.1. The van der Waals surface area contributed by atoms with Crippen LogP contribution >= 0.6 is 0 Å². The van der Waals surface area contributed by atoms with Gasteiger partial charge in [0.25, 0.3) is 5.91 Å². The zero-order valence-corrected chi connectivity index (χ0v) is 22.4. The number of carbonyl (C=O) groups excluding carboxylic acids is 1. The molecule has 0 aliphatic heterocycles. The van der Waals surface area contributed by atoms with Gasteiger partial charge in [0.15, 0.2) is 0 Å². The number of anilines is 1. The molecule has 4 heteroatoms. The van der Waals surface area contributed by atoms with E-state index in [1.54, 1.807) is 0 Å². The van der Waals surface area contributed by atoms with Gasteiger partial charge in [0.2, 0.25) is 0 Å². The Kier molecular flexibility index (Phi) is 12.3. The molecule has 1 heterocycles. The summed E-state index contributed by atoms with van der Waals surface area (Å²) in [5, 5.41) is 4.03. The van der Waals surface area contributed by atoms with E-state index in [-0.39, 0.29) is 5.91 Å². The number of ether oxygens (including phenoxy) is 1. The molecule has 0 bridgehead atoms. The second kappa shape index (κ2) is 16.0. The normalized spacial score (nSPS) is 11.1. The first-order chi connectivity index (χ1) is 17.7. The van der Waals surface area contributed by atoms with Crippen LogP contribution in [0.2, 0.25) is 0 Å². The fraction of sp³-hybridized carbons (Fsp3) is 0.500. The van der Waals surface area contributed by atoms with Crippen molar-refractivity contribution < 1.29 is 9.53 Å². The van der Waals surface area contributed by atoms with Crippen LogP contribution in [-0.2, 0) is 6.42 Å². The smallest absolute Gasteiger partial charge is 0.274 e. The van der Waals surface area contributed by atoms with Crippen LogP contribution in [0.3, 0.4) is 0 Å². The van der Waals surface area contributed by atoms with Crippen molar-refractivity contribution in [3.8, 4) is 5.75 Å². The number of unbranched alkanes of at least 4 members (excludes halogenated alkanes) is 10. The van der Waals surface area contributed by atoms with Gasteiger partial charge in [0, 0.05) is 11.1 Å². The van der Waals surface area contributed by atoms with Crippen LogP contribution in [0.5, 0.6) is 5.75 Å². The molecule has 1 N–H and O–H groups in total. The Labute approximate surface area is 217 Å². The van der Waals surface area contributed by atoms with E-state index in [4.69, 9.17) is 4.74 Å². The van der Waals surface area contributed by atoms with Crippen molar-refractivity contribution in [1.82, 2.24) is 4.98 Å². The van der Waals surface area contributed by atoms with E-state index < -0.39 is 0 Å². The number of nitrogens with one attached hydrogen (secondary N) is 1. The topological polar surface area (TPSA) is 51.2 Å². The third-order valence-electron chi connectivity index (χ3n) is 6.68. The zero-order chi connectivity index (χ0) is 25.4. The summed E-state index contributed by atoms with van der Waals surface area (Å²) >= 11 is 0. The Bertz CT molecular complexity index is 1050. The molecule has 0 aliphatic rings. The van der Waals surface area contributed by atoms with Gasteiger partial charge in [-0.3, -0.25) is 4.79 Å². The van der Waals surface area contributed by atoms with Gasteiger partial charge in [-0.05, 0) is 67.3 Å². The molecule has 3 rings (SSSR count).